The molecule has 0 aliphatic heterocycles. The summed E-state index contributed by atoms with van der Waals surface area (Å²) in [7, 11) is 0. The number of nitrogens with two attached hydrogens (primary N) is 1. The molecule has 0 saturated heterocycles. The molecule has 0 radical (unpaired) electrons. The number of aryl methyl sites for hydroxylation is 1. The minimum atomic E-state index is -0.460. The fourth-order valence-corrected chi connectivity index (χ4v) is 2.13. The van der Waals surface area contributed by atoms with Gasteiger partial charge in [0, 0.05) is 0 Å². The van der Waals surface area contributed by atoms with Gasteiger partial charge in [0.05, 0.1) is 23.3 Å². The van der Waals surface area contributed by atoms with Gasteiger partial charge in [-0.15, -0.1) is 0 Å². The number of hydrogen-bond acceptors (Lipinski definition) is 6. The summed E-state index contributed by atoms with van der Waals surface area (Å²) in [6, 6.07) is 7.59. The van der Waals surface area contributed by atoms with Gasteiger partial charge in [-0.2, -0.15) is 5.26 Å². The highest BCUT2D eigenvalue weighted by Gasteiger charge is 2.13. The summed E-state index contributed by atoms with van der Waals surface area (Å²) in [6.07, 6.45) is 1.08. The van der Waals surface area contributed by atoms with Crippen LogP contribution in [0.3, 0.4) is 0 Å². The Hall–Kier alpha value is -3.47. The standard InChI is InChI=1S/C15H13N7O/c1-8-2-3-9-10(6-8)20-15(19-9)13-14(17)18-7-11(22-13)21-12(23)4-5-16/h2-3,6-7H,4H2,1H3,(H2,17,18)(H,19,20)(H,21,22,23). The number of nitriles is 1. The number of aromatic amines is 1. The van der Waals surface area contributed by atoms with E-state index < -0.39 is 5.91 Å². The number of rotatable bonds is 3. The van der Waals surface area contributed by atoms with Crippen LogP contribution in [0, 0.1) is 18.3 Å². The molecule has 3 rings (SSSR count). The number of amides is 1. The Balaban J connectivity index is 2.00. The number of carbonyl (C=O) groups is 1. The smallest absolute Gasteiger partial charge is 0.239 e. The SMILES string of the molecule is Cc1ccc2nc(-c3nc(NC(=O)CC#N)cnc3N)[nH]c2c1. The summed E-state index contributed by atoms with van der Waals surface area (Å²) < 4.78 is 0. The van der Waals surface area contributed by atoms with Crippen molar-refractivity contribution in [3.8, 4) is 17.6 Å². The zero-order chi connectivity index (χ0) is 16.4. The van der Waals surface area contributed by atoms with Gasteiger partial charge in [-0.25, -0.2) is 15.0 Å². The molecule has 0 unspecified atom stereocenters. The van der Waals surface area contributed by atoms with Crippen LogP contribution in [0.5, 0.6) is 0 Å². The second-order valence-electron chi connectivity index (χ2n) is 4.98. The van der Waals surface area contributed by atoms with E-state index in [1.165, 1.54) is 6.20 Å². The second kappa shape index (κ2) is 5.73. The first-order valence-corrected chi connectivity index (χ1v) is 6.83. The highest BCUT2D eigenvalue weighted by Crippen LogP contribution is 2.24. The Labute approximate surface area is 131 Å². The summed E-state index contributed by atoms with van der Waals surface area (Å²) in [6.45, 7) is 1.99. The molecule has 23 heavy (non-hydrogen) atoms. The molecular weight excluding hydrogens is 294 g/mol. The van der Waals surface area contributed by atoms with E-state index in [9.17, 15) is 4.79 Å². The number of fused-ring (bicyclic) bond motifs is 1. The quantitative estimate of drug-likeness (QED) is 0.675. The van der Waals surface area contributed by atoms with E-state index >= 15 is 0 Å². The molecule has 2 heterocycles. The Morgan fingerprint density at radius 3 is 3.04 bits per heavy atom. The number of nitrogens with one attached hydrogen (secondary N) is 2. The number of imidazole rings is 1. The third-order valence-electron chi connectivity index (χ3n) is 3.17. The molecule has 0 aliphatic carbocycles. The fourth-order valence-electron chi connectivity index (χ4n) is 2.13. The fraction of sp³-hybridized carbons (Fsp3) is 0.133. The first kappa shape index (κ1) is 14.5. The largest absolute Gasteiger partial charge is 0.382 e. The lowest BCUT2D eigenvalue weighted by Gasteiger charge is -2.05. The van der Waals surface area contributed by atoms with Crippen LogP contribution < -0.4 is 11.1 Å². The number of hydrogen-bond donors (Lipinski definition) is 3. The number of H-pyrrole nitrogens is 1. The maximum absolute atomic E-state index is 11.5. The zero-order valence-corrected chi connectivity index (χ0v) is 12.3. The van der Waals surface area contributed by atoms with Crippen LogP contribution in [0.15, 0.2) is 24.4 Å². The first-order valence-electron chi connectivity index (χ1n) is 6.83. The third-order valence-corrected chi connectivity index (χ3v) is 3.17. The number of nitrogen functional groups attached to an aromatic ring is 1. The van der Waals surface area contributed by atoms with Crippen LogP contribution in [-0.4, -0.2) is 25.8 Å². The molecule has 0 atom stereocenters. The zero-order valence-electron chi connectivity index (χ0n) is 12.3. The van der Waals surface area contributed by atoms with E-state index in [1.807, 2.05) is 25.1 Å². The molecule has 8 nitrogen and oxygen atoms in total. The Kier molecular flexibility index (Phi) is 3.60. The monoisotopic (exact) mass is 307 g/mol. The van der Waals surface area contributed by atoms with Gasteiger partial charge in [-0.05, 0) is 24.6 Å². The van der Waals surface area contributed by atoms with Crippen LogP contribution >= 0.6 is 0 Å². The van der Waals surface area contributed by atoms with Gasteiger partial charge < -0.3 is 16.0 Å². The molecule has 4 N–H and O–H groups in total. The van der Waals surface area contributed by atoms with Crippen molar-refractivity contribution in [1.29, 1.82) is 5.26 Å². The maximum atomic E-state index is 11.5. The molecule has 0 aliphatic rings. The minimum Gasteiger partial charge on any atom is -0.382 e. The third kappa shape index (κ3) is 2.94. The Morgan fingerprint density at radius 1 is 1.43 bits per heavy atom. The molecule has 1 aromatic carbocycles. The molecular formula is C15H13N7O. The average Bonchev–Trinajstić information content (AvgIpc) is 2.92. The molecule has 0 spiro atoms. The highest BCUT2D eigenvalue weighted by atomic mass is 16.1. The summed E-state index contributed by atoms with van der Waals surface area (Å²) in [5, 5.41) is 11.0. The van der Waals surface area contributed by atoms with Crippen molar-refractivity contribution in [1.82, 2.24) is 19.9 Å². The van der Waals surface area contributed by atoms with Crippen molar-refractivity contribution in [2.75, 3.05) is 11.1 Å². The molecule has 0 bridgehead atoms. The number of nitrogens with zero attached hydrogens (tertiary/aromatic N) is 4. The summed E-state index contributed by atoms with van der Waals surface area (Å²) in [5.74, 6) is 0.412. The molecule has 2 aromatic heterocycles. The van der Waals surface area contributed by atoms with Crippen molar-refractivity contribution < 1.29 is 4.79 Å². The van der Waals surface area contributed by atoms with Crippen LogP contribution in [0.1, 0.15) is 12.0 Å². The van der Waals surface area contributed by atoms with Crippen LogP contribution in [-0.2, 0) is 4.79 Å². The number of anilines is 2. The van der Waals surface area contributed by atoms with Crippen molar-refractivity contribution >= 4 is 28.6 Å². The van der Waals surface area contributed by atoms with Crippen molar-refractivity contribution in [2.24, 2.45) is 0 Å². The normalized spacial score (nSPS) is 10.4. The topological polar surface area (TPSA) is 133 Å². The predicted octanol–water partition coefficient (Wildman–Crippen LogP) is 1.76. The number of carbonyl (C=O) groups excluding carboxylic acids is 1. The van der Waals surface area contributed by atoms with Crippen LogP contribution in [0.2, 0.25) is 0 Å². The van der Waals surface area contributed by atoms with E-state index in [1.54, 1.807) is 6.07 Å². The van der Waals surface area contributed by atoms with Gasteiger partial charge in [-0.3, -0.25) is 4.79 Å². The molecule has 1 amide bonds. The maximum Gasteiger partial charge on any atom is 0.239 e. The summed E-state index contributed by atoms with van der Waals surface area (Å²) >= 11 is 0. The van der Waals surface area contributed by atoms with Crippen molar-refractivity contribution in [3.63, 3.8) is 0 Å². The van der Waals surface area contributed by atoms with Crippen LogP contribution in [0.25, 0.3) is 22.6 Å². The molecule has 114 valence electrons. The van der Waals surface area contributed by atoms with Gasteiger partial charge in [0.1, 0.15) is 6.42 Å². The summed E-state index contributed by atoms with van der Waals surface area (Å²) in [4.78, 5) is 27.3. The van der Waals surface area contributed by atoms with Crippen molar-refractivity contribution in [2.45, 2.75) is 13.3 Å². The van der Waals surface area contributed by atoms with E-state index in [-0.39, 0.29) is 18.1 Å². The van der Waals surface area contributed by atoms with Crippen LogP contribution in [0.4, 0.5) is 11.6 Å². The van der Waals surface area contributed by atoms with Crippen molar-refractivity contribution in [3.05, 3.63) is 30.0 Å². The van der Waals surface area contributed by atoms with Gasteiger partial charge in [0.25, 0.3) is 0 Å². The molecule has 3 aromatic rings. The predicted molar refractivity (Wildman–Crippen MR) is 85.1 cm³/mol. The van der Waals surface area contributed by atoms with E-state index in [0.717, 1.165) is 16.6 Å². The summed E-state index contributed by atoms with van der Waals surface area (Å²) in [5.41, 5.74) is 8.95. The lowest BCUT2D eigenvalue weighted by molar-refractivity contribution is -0.115. The Bertz CT molecular complexity index is 939. The number of benzene rings is 1. The van der Waals surface area contributed by atoms with Gasteiger partial charge in [0.2, 0.25) is 5.91 Å². The molecule has 8 heteroatoms. The van der Waals surface area contributed by atoms with E-state index in [0.29, 0.717) is 11.5 Å². The van der Waals surface area contributed by atoms with Gasteiger partial charge in [-0.1, -0.05) is 6.07 Å². The highest BCUT2D eigenvalue weighted by molar-refractivity contribution is 5.91. The second-order valence-corrected chi connectivity index (χ2v) is 4.98. The lowest BCUT2D eigenvalue weighted by Crippen LogP contribution is -2.12. The van der Waals surface area contributed by atoms with E-state index in [4.69, 9.17) is 11.0 Å². The van der Waals surface area contributed by atoms with E-state index in [2.05, 4.69) is 25.3 Å². The first-order chi connectivity index (χ1) is 11.1. The van der Waals surface area contributed by atoms with Gasteiger partial charge in [0.15, 0.2) is 23.2 Å². The minimum absolute atomic E-state index is 0.194. The Morgan fingerprint density at radius 2 is 2.26 bits per heavy atom. The number of aromatic nitrogens is 4. The molecule has 0 fully saturated rings. The lowest BCUT2D eigenvalue weighted by atomic mass is 10.2. The average molecular weight is 307 g/mol. The van der Waals surface area contributed by atoms with Gasteiger partial charge >= 0.3 is 0 Å². The molecule has 0 saturated carbocycles.